The van der Waals surface area contributed by atoms with Gasteiger partial charge in [-0.25, -0.2) is 9.97 Å². The van der Waals surface area contributed by atoms with E-state index in [1.165, 1.54) is 55.6 Å². The fraction of sp³-hybridized carbons (Fsp3) is 0.150. The summed E-state index contributed by atoms with van der Waals surface area (Å²) in [5.41, 5.74) is 15.8. The largest absolute Gasteiger partial charge is 0.245 e. The minimum absolute atomic E-state index is 0.930. The molecule has 4 aromatic carbocycles. The third-order valence-electron chi connectivity index (χ3n) is 8.28. The normalized spacial score (nSPS) is 12.1. The molecular weight excluding hydrogens is 508 g/mol. The van der Waals surface area contributed by atoms with Gasteiger partial charge in [0.05, 0.1) is 22.4 Å². The molecule has 0 saturated heterocycles. The Morgan fingerprint density at radius 3 is 1.69 bits per heavy atom. The van der Waals surface area contributed by atoms with Crippen LogP contribution in [0.3, 0.4) is 0 Å². The van der Waals surface area contributed by atoms with Gasteiger partial charge in [-0.2, -0.15) is 0 Å². The Hall–Kier alpha value is -4.82. The molecule has 206 valence electrons. The van der Waals surface area contributed by atoms with Crippen molar-refractivity contribution in [2.45, 2.75) is 41.5 Å². The zero-order valence-electron chi connectivity index (χ0n) is 25.3. The van der Waals surface area contributed by atoms with E-state index >= 15 is 0 Å². The second-order valence-electron chi connectivity index (χ2n) is 11.2. The van der Waals surface area contributed by atoms with Gasteiger partial charge >= 0.3 is 0 Å². The minimum atomic E-state index is 0.930. The van der Waals surface area contributed by atoms with Crippen LogP contribution in [-0.2, 0) is 0 Å². The number of benzene rings is 4. The van der Waals surface area contributed by atoms with Crippen LogP contribution < -0.4 is 0 Å². The number of hydrogen-bond donors (Lipinski definition) is 0. The van der Waals surface area contributed by atoms with E-state index in [0.717, 1.165) is 33.2 Å². The molecule has 6 rings (SSSR count). The van der Waals surface area contributed by atoms with E-state index in [2.05, 4.69) is 144 Å². The molecule has 2 aromatic heterocycles. The van der Waals surface area contributed by atoms with Crippen molar-refractivity contribution in [1.29, 1.82) is 0 Å². The first-order valence-electron chi connectivity index (χ1n) is 14.6. The number of rotatable bonds is 5. The number of pyridine rings is 2. The zero-order valence-corrected chi connectivity index (χ0v) is 25.3. The van der Waals surface area contributed by atoms with Crippen molar-refractivity contribution in [3.05, 3.63) is 137 Å². The predicted molar refractivity (Wildman–Crippen MR) is 181 cm³/mol. The first kappa shape index (κ1) is 27.4. The van der Waals surface area contributed by atoms with Gasteiger partial charge in [0.2, 0.25) is 0 Å². The Morgan fingerprint density at radius 2 is 1.12 bits per heavy atom. The SMILES string of the molecule is C/C=C\C=C(/C)c1cc(-c2c(C)cccc2C)nc2c1ccc1c(-c3ccccc3)cc(-c3c(C)cccc3C)nc12. The average molecular weight is 545 g/mol. The van der Waals surface area contributed by atoms with Crippen molar-refractivity contribution in [3.63, 3.8) is 0 Å². The number of nitrogens with zero attached hydrogens (tertiary/aromatic N) is 2. The van der Waals surface area contributed by atoms with Crippen molar-refractivity contribution < 1.29 is 0 Å². The number of fused-ring (bicyclic) bond motifs is 3. The summed E-state index contributed by atoms with van der Waals surface area (Å²) in [6.07, 6.45) is 6.36. The van der Waals surface area contributed by atoms with Crippen LogP contribution in [0.2, 0.25) is 0 Å². The Balaban J connectivity index is 1.79. The zero-order chi connectivity index (χ0) is 29.4. The van der Waals surface area contributed by atoms with Gasteiger partial charge in [-0.15, -0.1) is 0 Å². The summed E-state index contributed by atoms with van der Waals surface area (Å²) in [6, 6.07) is 32.5. The van der Waals surface area contributed by atoms with Gasteiger partial charge in [0, 0.05) is 21.9 Å². The van der Waals surface area contributed by atoms with Crippen molar-refractivity contribution in [2.24, 2.45) is 0 Å². The molecule has 6 aromatic rings. The Kier molecular flexibility index (Phi) is 7.31. The number of aromatic nitrogens is 2. The fourth-order valence-corrected chi connectivity index (χ4v) is 6.18. The van der Waals surface area contributed by atoms with Gasteiger partial charge in [0.1, 0.15) is 0 Å². The highest BCUT2D eigenvalue weighted by atomic mass is 14.8. The maximum Gasteiger partial charge on any atom is 0.0978 e. The van der Waals surface area contributed by atoms with Gasteiger partial charge in [-0.1, -0.05) is 97.1 Å². The molecule has 0 unspecified atom stereocenters. The molecule has 2 heteroatoms. The van der Waals surface area contributed by atoms with Crippen LogP contribution in [0, 0.1) is 27.7 Å². The molecule has 0 amide bonds. The average Bonchev–Trinajstić information content (AvgIpc) is 2.99. The molecule has 2 heterocycles. The summed E-state index contributed by atoms with van der Waals surface area (Å²) < 4.78 is 0. The van der Waals surface area contributed by atoms with E-state index in [-0.39, 0.29) is 0 Å². The lowest BCUT2D eigenvalue weighted by Gasteiger charge is -2.17. The minimum Gasteiger partial charge on any atom is -0.245 e. The summed E-state index contributed by atoms with van der Waals surface area (Å²) in [7, 11) is 0. The van der Waals surface area contributed by atoms with E-state index in [1.807, 2.05) is 6.92 Å². The number of hydrogen-bond acceptors (Lipinski definition) is 2. The maximum atomic E-state index is 5.43. The second kappa shape index (κ2) is 11.2. The molecule has 0 bridgehead atoms. The molecule has 0 fully saturated rings. The van der Waals surface area contributed by atoms with Crippen LogP contribution in [0.25, 0.3) is 61.0 Å². The van der Waals surface area contributed by atoms with Crippen molar-refractivity contribution in [2.75, 3.05) is 0 Å². The van der Waals surface area contributed by atoms with Crippen molar-refractivity contribution in [1.82, 2.24) is 9.97 Å². The molecule has 0 aliphatic carbocycles. The van der Waals surface area contributed by atoms with Gasteiger partial charge in [-0.05, 0) is 98.2 Å². The van der Waals surface area contributed by atoms with Crippen molar-refractivity contribution in [3.8, 4) is 33.6 Å². The first-order valence-corrected chi connectivity index (χ1v) is 14.6. The van der Waals surface area contributed by atoms with Gasteiger partial charge in [0.15, 0.2) is 0 Å². The van der Waals surface area contributed by atoms with Gasteiger partial charge in [-0.3, -0.25) is 0 Å². The predicted octanol–water partition coefficient (Wildman–Crippen LogP) is 11.0. The van der Waals surface area contributed by atoms with Crippen LogP contribution in [0.1, 0.15) is 41.7 Å². The molecule has 0 spiro atoms. The highest BCUT2D eigenvalue weighted by Gasteiger charge is 2.19. The molecule has 0 aliphatic rings. The quantitative estimate of drug-likeness (QED) is 0.159. The molecular formula is C40H36N2. The lowest BCUT2D eigenvalue weighted by Crippen LogP contribution is -1.99. The second-order valence-corrected chi connectivity index (χ2v) is 11.2. The Bertz CT molecular complexity index is 1990. The van der Waals surface area contributed by atoms with E-state index in [9.17, 15) is 0 Å². The lowest BCUT2D eigenvalue weighted by atomic mass is 9.91. The Labute approximate surface area is 249 Å². The molecule has 42 heavy (non-hydrogen) atoms. The molecule has 0 aliphatic heterocycles. The molecule has 0 radical (unpaired) electrons. The monoisotopic (exact) mass is 544 g/mol. The van der Waals surface area contributed by atoms with Crippen LogP contribution in [-0.4, -0.2) is 9.97 Å². The van der Waals surface area contributed by atoms with Crippen LogP contribution in [0.15, 0.2) is 109 Å². The lowest BCUT2D eigenvalue weighted by molar-refractivity contribution is 1.30. The number of allylic oxidation sites excluding steroid dienone is 4. The first-order chi connectivity index (χ1) is 20.4. The van der Waals surface area contributed by atoms with E-state index in [4.69, 9.17) is 9.97 Å². The highest BCUT2D eigenvalue weighted by Crippen LogP contribution is 2.40. The summed E-state index contributed by atoms with van der Waals surface area (Å²) in [6.45, 7) is 12.9. The summed E-state index contributed by atoms with van der Waals surface area (Å²) in [5.74, 6) is 0. The standard InChI is InChI=1S/C40H36N2/c1-7-8-14-25(2)33-23-35(37-26(3)15-12-16-27(37)4)41-39-31(33)21-22-32-34(30-19-10-9-11-20-30)24-36(42-40(32)39)38-28(5)17-13-18-29(38)6/h7-24H,1-6H3/b8-7-,25-14+. The summed E-state index contributed by atoms with van der Waals surface area (Å²) in [4.78, 5) is 10.9. The number of aryl methyl sites for hydroxylation is 4. The molecule has 0 saturated carbocycles. The van der Waals surface area contributed by atoms with Crippen LogP contribution in [0.4, 0.5) is 0 Å². The van der Waals surface area contributed by atoms with E-state index in [0.29, 0.717) is 0 Å². The third-order valence-corrected chi connectivity index (χ3v) is 8.28. The van der Waals surface area contributed by atoms with E-state index in [1.54, 1.807) is 0 Å². The smallest absolute Gasteiger partial charge is 0.0978 e. The molecule has 0 N–H and O–H groups in total. The van der Waals surface area contributed by atoms with E-state index < -0.39 is 0 Å². The third kappa shape index (κ3) is 4.84. The summed E-state index contributed by atoms with van der Waals surface area (Å²) >= 11 is 0. The Morgan fingerprint density at radius 1 is 0.595 bits per heavy atom. The molecule has 0 atom stereocenters. The van der Waals surface area contributed by atoms with Gasteiger partial charge in [0.25, 0.3) is 0 Å². The molecule has 2 nitrogen and oxygen atoms in total. The fourth-order valence-electron chi connectivity index (χ4n) is 6.18. The maximum absolute atomic E-state index is 5.43. The van der Waals surface area contributed by atoms with Crippen LogP contribution in [0.5, 0.6) is 0 Å². The highest BCUT2D eigenvalue weighted by molar-refractivity contribution is 6.12. The van der Waals surface area contributed by atoms with Crippen molar-refractivity contribution >= 4 is 27.4 Å². The summed E-state index contributed by atoms with van der Waals surface area (Å²) in [5, 5.41) is 2.22. The van der Waals surface area contributed by atoms with Gasteiger partial charge < -0.3 is 0 Å². The van der Waals surface area contributed by atoms with Crippen LogP contribution >= 0.6 is 0 Å². The topological polar surface area (TPSA) is 25.8 Å².